The number of nitrogens with zero attached hydrogens (tertiary/aromatic N) is 2. The molecule has 1 aromatic carbocycles. The van der Waals surface area contributed by atoms with E-state index in [-0.39, 0.29) is 17.5 Å². The maximum atomic E-state index is 13.5. The molecule has 2 aromatic heterocycles. The van der Waals surface area contributed by atoms with Crippen LogP contribution < -0.4 is 5.32 Å². The first-order valence-corrected chi connectivity index (χ1v) is 11.0. The normalized spacial score (nSPS) is 20.4. The van der Waals surface area contributed by atoms with Gasteiger partial charge < -0.3 is 5.32 Å². The van der Waals surface area contributed by atoms with Crippen molar-refractivity contribution in [1.82, 2.24) is 15.2 Å². The Kier molecular flexibility index (Phi) is 5.21. The Morgan fingerprint density at radius 3 is 2.75 bits per heavy atom. The summed E-state index contributed by atoms with van der Waals surface area (Å²) in [5.74, 6) is 1.42. The maximum absolute atomic E-state index is 13.5. The summed E-state index contributed by atoms with van der Waals surface area (Å²) < 4.78 is 13.5. The number of nitrogens with one attached hydrogen (secondary N) is 2. The lowest BCUT2D eigenvalue weighted by atomic mass is 9.73. The van der Waals surface area contributed by atoms with Crippen molar-refractivity contribution in [3.8, 4) is 11.1 Å². The number of aromatic amines is 1. The Morgan fingerprint density at radius 2 is 2.00 bits per heavy atom. The average molecular weight is 429 g/mol. The lowest BCUT2D eigenvalue weighted by Gasteiger charge is -2.34. The molecule has 5 nitrogen and oxygen atoms in total. The van der Waals surface area contributed by atoms with E-state index in [0.717, 1.165) is 45.9 Å². The first-order valence-electron chi connectivity index (χ1n) is 11.0. The molecule has 0 saturated heterocycles. The minimum absolute atomic E-state index is 0.162. The largest absolute Gasteiger partial charge is 0.343 e. The molecule has 0 bridgehead atoms. The minimum Gasteiger partial charge on any atom is -0.343 e. The smallest absolute Gasteiger partial charge is 0.161 e. The molecule has 3 heterocycles. The van der Waals surface area contributed by atoms with Gasteiger partial charge in [0.2, 0.25) is 0 Å². The molecule has 2 aliphatic rings. The van der Waals surface area contributed by atoms with Gasteiger partial charge in [-0.1, -0.05) is 38.1 Å². The number of Topliss-reactive ketones (excluding diaryl/α,β-unsaturated/α-hetero) is 1. The Balaban J connectivity index is 1.44. The van der Waals surface area contributed by atoms with E-state index in [9.17, 15) is 9.18 Å². The quantitative estimate of drug-likeness (QED) is 0.557. The van der Waals surface area contributed by atoms with Gasteiger partial charge in [-0.3, -0.25) is 14.9 Å². The van der Waals surface area contributed by atoms with Gasteiger partial charge in [-0.25, -0.2) is 4.39 Å². The minimum atomic E-state index is -0.269. The van der Waals surface area contributed by atoms with Crippen molar-refractivity contribution in [1.29, 1.82) is 0 Å². The highest BCUT2D eigenvalue weighted by atomic mass is 19.1. The molecular formula is C26H25FN4O. The van der Waals surface area contributed by atoms with Crippen LogP contribution in [0.25, 0.3) is 17.2 Å². The zero-order chi connectivity index (χ0) is 22.2. The van der Waals surface area contributed by atoms with Crippen LogP contribution in [-0.4, -0.2) is 21.0 Å². The van der Waals surface area contributed by atoms with Gasteiger partial charge in [0.05, 0.1) is 11.9 Å². The molecule has 0 saturated carbocycles. The van der Waals surface area contributed by atoms with E-state index < -0.39 is 0 Å². The standard InChI is InChI=1S/C26H25FN4O/c1-15(2)18-11-23-25(24(32)12-18)21(22-14-29-31-26(22)30-23)9-8-20-7-6-17(13-28-20)16-4-3-5-19(27)10-16/h3-10,13-15,18,21H,11-12H2,1-2H3,(H2,29,30,31)/b9-8+. The first kappa shape index (κ1) is 20.4. The van der Waals surface area contributed by atoms with Gasteiger partial charge in [0.15, 0.2) is 5.78 Å². The number of aromatic nitrogens is 3. The van der Waals surface area contributed by atoms with Crippen molar-refractivity contribution in [3.63, 3.8) is 0 Å². The second-order valence-corrected chi connectivity index (χ2v) is 8.87. The van der Waals surface area contributed by atoms with Crippen molar-refractivity contribution in [3.05, 3.63) is 83.2 Å². The van der Waals surface area contributed by atoms with Crippen LogP contribution in [0.15, 0.2) is 66.1 Å². The van der Waals surface area contributed by atoms with Crippen LogP contribution in [0.1, 0.15) is 43.9 Å². The van der Waals surface area contributed by atoms with Crippen molar-refractivity contribution >= 4 is 17.7 Å². The van der Waals surface area contributed by atoms with Crippen LogP contribution in [0.5, 0.6) is 0 Å². The molecule has 0 radical (unpaired) electrons. The number of hydrogen-bond donors (Lipinski definition) is 2. The third-order valence-corrected chi connectivity index (χ3v) is 6.48. The number of hydrogen-bond acceptors (Lipinski definition) is 4. The Bertz CT molecular complexity index is 1220. The monoisotopic (exact) mass is 428 g/mol. The van der Waals surface area contributed by atoms with Gasteiger partial charge in [-0.15, -0.1) is 0 Å². The molecule has 5 rings (SSSR count). The van der Waals surface area contributed by atoms with E-state index in [4.69, 9.17) is 0 Å². The fourth-order valence-corrected chi connectivity index (χ4v) is 4.59. The summed E-state index contributed by atoms with van der Waals surface area (Å²) in [7, 11) is 0. The molecular weight excluding hydrogens is 403 g/mol. The van der Waals surface area contributed by atoms with Crippen LogP contribution in [-0.2, 0) is 4.79 Å². The number of ketones is 1. The second kappa shape index (κ2) is 8.19. The van der Waals surface area contributed by atoms with Gasteiger partial charge >= 0.3 is 0 Å². The number of benzene rings is 1. The molecule has 2 unspecified atom stereocenters. The highest BCUT2D eigenvalue weighted by molar-refractivity contribution is 6.01. The van der Waals surface area contributed by atoms with Crippen molar-refractivity contribution in [2.45, 2.75) is 32.6 Å². The summed E-state index contributed by atoms with van der Waals surface area (Å²) in [6.07, 6.45) is 8.93. The zero-order valence-electron chi connectivity index (χ0n) is 18.1. The van der Waals surface area contributed by atoms with Gasteiger partial charge in [-0.05, 0) is 48.1 Å². The average Bonchev–Trinajstić information content (AvgIpc) is 3.25. The zero-order valence-corrected chi connectivity index (χ0v) is 18.1. The van der Waals surface area contributed by atoms with Crippen LogP contribution in [0.3, 0.4) is 0 Å². The van der Waals surface area contributed by atoms with Crippen LogP contribution >= 0.6 is 0 Å². The highest BCUT2D eigenvalue weighted by Gasteiger charge is 2.37. The molecule has 3 aromatic rings. The molecule has 2 atom stereocenters. The Hall–Kier alpha value is -3.54. The van der Waals surface area contributed by atoms with E-state index in [1.165, 1.54) is 12.1 Å². The maximum Gasteiger partial charge on any atom is 0.161 e. The number of fused-ring (bicyclic) bond motifs is 1. The molecule has 6 heteroatoms. The van der Waals surface area contributed by atoms with Gasteiger partial charge in [0, 0.05) is 40.9 Å². The number of anilines is 1. The summed E-state index contributed by atoms with van der Waals surface area (Å²) in [6.45, 7) is 4.34. The van der Waals surface area contributed by atoms with Crippen LogP contribution in [0, 0.1) is 17.7 Å². The lowest BCUT2D eigenvalue weighted by molar-refractivity contribution is -0.117. The number of pyridine rings is 1. The number of allylic oxidation sites excluding steroid dienone is 3. The fourth-order valence-electron chi connectivity index (χ4n) is 4.59. The second-order valence-electron chi connectivity index (χ2n) is 8.87. The molecule has 0 spiro atoms. The van der Waals surface area contributed by atoms with E-state index >= 15 is 0 Å². The van der Waals surface area contributed by atoms with Gasteiger partial charge in [0.1, 0.15) is 11.6 Å². The predicted octanol–water partition coefficient (Wildman–Crippen LogP) is 5.72. The van der Waals surface area contributed by atoms with E-state index in [1.54, 1.807) is 18.5 Å². The SMILES string of the molecule is CC(C)C1CC(=O)C2=C(C1)Nc1[nH]ncc1C2/C=C/c1ccc(-c2cccc(F)c2)cn1. The van der Waals surface area contributed by atoms with Crippen molar-refractivity contribution in [2.75, 3.05) is 5.32 Å². The number of halogens is 1. The topological polar surface area (TPSA) is 70.7 Å². The highest BCUT2D eigenvalue weighted by Crippen LogP contribution is 2.44. The summed E-state index contributed by atoms with van der Waals surface area (Å²) in [5, 5.41) is 10.6. The molecule has 1 aliphatic carbocycles. The fraction of sp³-hybridized carbons (Fsp3) is 0.269. The molecule has 2 N–H and O–H groups in total. The number of rotatable bonds is 4. The van der Waals surface area contributed by atoms with Crippen molar-refractivity contribution < 1.29 is 9.18 Å². The van der Waals surface area contributed by atoms with E-state index in [2.05, 4.69) is 34.3 Å². The summed E-state index contributed by atoms with van der Waals surface area (Å²) >= 11 is 0. The molecule has 1 aliphatic heterocycles. The van der Waals surface area contributed by atoms with Gasteiger partial charge in [0.25, 0.3) is 0 Å². The molecule has 0 fully saturated rings. The Labute approximate surface area is 186 Å². The van der Waals surface area contributed by atoms with Crippen LogP contribution in [0.2, 0.25) is 0 Å². The summed E-state index contributed by atoms with van der Waals surface area (Å²) in [5.41, 5.74) is 5.22. The molecule has 162 valence electrons. The first-order chi connectivity index (χ1) is 15.5. The third kappa shape index (κ3) is 3.77. The molecule has 32 heavy (non-hydrogen) atoms. The van der Waals surface area contributed by atoms with E-state index in [0.29, 0.717) is 18.3 Å². The van der Waals surface area contributed by atoms with Crippen LogP contribution in [0.4, 0.5) is 10.2 Å². The predicted molar refractivity (Wildman–Crippen MR) is 123 cm³/mol. The lowest BCUT2D eigenvalue weighted by Crippen LogP contribution is -2.30. The number of H-pyrrole nitrogens is 1. The summed E-state index contributed by atoms with van der Waals surface area (Å²) in [4.78, 5) is 17.6. The third-order valence-electron chi connectivity index (χ3n) is 6.48. The van der Waals surface area contributed by atoms with Gasteiger partial charge in [-0.2, -0.15) is 5.10 Å². The van der Waals surface area contributed by atoms with E-state index in [1.807, 2.05) is 30.4 Å². The number of carbonyl (C=O) groups is 1. The number of carbonyl (C=O) groups excluding carboxylic acids is 1. The molecule has 0 amide bonds. The Morgan fingerprint density at radius 1 is 1.12 bits per heavy atom. The van der Waals surface area contributed by atoms with Crippen molar-refractivity contribution in [2.24, 2.45) is 11.8 Å². The summed E-state index contributed by atoms with van der Waals surface area (Å²) in [6, 6.07) is 10.3.